The molecule has 0 spiro atoms. The van der Waals surface area contributed by atoms with Crippen LogP contribution in [0.25, 0.3) is 0 Å². The molecule has 0 saturated heterocycles. The van der Waals surface area contributed by atoms with Gasteiger partial charge in [-0.05, 0) is 77.0 Å². The minimum absolute atomic E-state index is 0.0702. The van der Waals surface area contributed by atoms with Gasteiger partial charge in [0.25, 0.3) is 0 Å². The molecule has 0 N–H and O–H groups in total. The molecule has 452 valence electrons. The minimum Gasteiger partial charge on any atom is -0.462 e. The molecule has 0 amide bonds. The third-order valence-electron chi connectivity index (χ3n) is 15.6. The number of esters is 3. The number of carbonyl (C=O) groups excluding carboxylic acids is 3. The van der Waals surface area contributed by atoms with E-state index in [1.807, 2.05) is 0 Å². The quantitative estimate of drug-likeness (QED) is 0.0261. The first-order chi connectivity index (χ1) is 38.0. The summed E-state index contributed by atoms with van der Waals surface area (Å²) < 4.78 is 17.0. The Labute approximate surface area is 480 Å². The molecule has 1 atom stereocenters. The van der Waals surface area contributed by atoms with Crippen molar-refractivity contribution in [3.05, 3.63) is 36.5 Å². The van der Waals surface area contributed by atoms with Crippen molar-refractivity contribution in [2.24, 2.45) is 0 Å². The Balaban J connectivity index is 4.27. The van der Waals surface area contributed by atoms with Crippen molar-refractivity contribution >= 4 is 17.9 Å². The molecule has 0 aromatic carbocycles. The van der Waals surface area contributed by atoms with E-state index in [4.69, 9.17) is 14.2 Å². The third-order valence-corrected chi connectivity index (χ3v) is 15.6. The van der Waals surface area contributed by atoms with Crippen molar-refractivity contribution in [2.75, 3.05) is 13.2 Å². The van der Waals surface area contributed by atoms with E-state index < -0.39 is 6.10 Å². The summed E-state index contributed by atoms with van der Waals surface area (Å²) in [5.74, 6) is -0.851. The molecule has 0 aromatic heterocycles. The molecule has 0 heterocycles. The van der Waals surface area contributed by atoms with Crippen LogP contribution < -0.4 is 0 Å². The first kappa shape index (κ1) is 74.6. The standard InChI is InChI=1S/C71H132O6/c1-4-7-10-13-16-19-22-25-28-30-32-33-34-35-36-37-39-40-43-46-49-52-55-58-61-64-70(73)76-67-68(66-75-69(72)63-60-57-54-51-48-45-42-27-24-21-18-15-12-9-6-3)77-71(74)65-62-59-56-53-50-47-44-41-38-31-29-26-23-20-17-14-11-8-5-2/h22,25,27,30,32,42,68H,4-21,23-24,26,28-29,31,33-41,43-67H2,1-3H3/b25-22-,32-30-,42-27-. The van der Waals surface area contributed by atoms with Gasteiger partial charge in [-0.25, -0.2) is 0 Å². The largest absolute Gasteiger partial charge is 0.462 e. The van der Waals surface area contributed by atoms with Gasteiger partial charge in [0.05, 0.1) is 0 Å². The fraction of sp³-hybridized carbons (Fsp3) is 0.873. The van der Waals surface area contributed by atoms with Gasteiger partial charge in [0, 0.05) is 19.3 Å². The maximum atomic E-state index is 12.9. The molecule has 6 heteroatoms. The molecule has 77 heavy (non-hydrogen) atoms. The molecular weight excluding hydrogens is 949 g/mol. The van der Waals surface area contributed by atoms with E-state index in [1.165, 1.54) is 270 Å². The van der Waals surface area contributed by atoms with Gasteiger partial charge in [0.1, 0.15) is 13.2 Å². The maximum absolute atomic E-state index is 12.9. The SMILES string of the molecule is CCCCCCC/C=C\C/C=C\CCCCCCCCCCCCCCCC(=O)OCC(COC(=O)CCCCCCC/C=C\CCCCCCCC)OC(=O)CCCCCCCCCCCCCCCCCCCCC. The van der Waals surface area contributed by atoms with Crippen molar-refractivity contribution in [2.45, 2.75) is 386 Å². The summed E-state index contributed by atoms with van der Waals surface area (Å²) in [4.78, 5) is 38.4. The molecule has 0 rings (SSSR count). The molecule has 6 nitrogen and oxygen atoms in total. The summed E-state index contributed by atoms with van der Waals surface area (Å²) in [5, 5.41) is 0. The van der Waals surface area contributed by atoms with E-state index in [9.17, 15) is 14.4 Å². The molecule has 0 fully saturated rings. The van der Waals surface area contributed by atoms with Gasteiger partial charge in [0.2, 0.25) is 0 Å². The van der Waals surface area contributed by atoms with Crippen LogP contribution in [0.15, 0.2) is 36.5 Å². The maximum Gasteiger partial charge on any atom is 0.306 e. The lowest BCUT2D eigenvalue weighted by atomic mass is 10.0. The highest BCUT2D eigenvalue weighted by atomic mass is 16.6. The van der Waals surface area contributed by atoms with Crippen LogP contribution in [-0.2, 0) is 28.6 Å². The lowest BCUT2D eigenvalue weighted by Gasteiger charge is -2.18. The van der Waals surface area contributed by atoms with Gasteiger partial charge < -0.3 is 14.2 Å². The second-order valence-electron chi connectivity index (χ2n) is 23.4. The zero-order valence-corrected chi connectivity index (χ0v) is 52.0. The molecular formula is C71H132O6. The predicted octanol–water partition coefficient (Wildman–Crippen LogP) is 23.6. The van der Waals surface area contributed by atoms with Crippen LogP contribution in [0, 0.1) is 0 Å². The van der Waals surface area contributed by atoms with Gasteiger partial charge >= 0.3 is 17.9 Å². The third kappa shape index (κ3) is 64.3. The zero-order chi connectivity index (χ0) is 55.7. The highest BCUT2D eigenvalue weighted by Crippen LogP contribution is 2.18. The highest BCUT2D eigenvalue weighted by Gasteiger charge is 2.19. The molecule has 0 aliphatic rings. The van der Waals surface area contributed by atoms with Gasteiger partial charge in [0.15, 0.2) is 6.10 Å². The average molecular weight is 1080 g/mol. The molecule has 0 saturated carbocycles. The molecule has 0 radical (unpaired) electrons. The fourth-order valence-electron chi connectivity index (χ4n) is 10.4. The lowest BCUT2D eigenvalue weighted by Crippen LogP contribution is -2.30. The van der Waals surface area contributed by atoms with Crippen molar-refractivity contribution in [1.82, 2.24) is 0 Å². The number of ether oxygens (including phenoxy) is 3. The minimum atomic E-state index is -0.774. The van der Waals surface area contributed by atoms with Crippen LogP contribution in [0.5, 0.6) is 0 Å². The normalized spacial score (nSPS) is 12.2. The van der Waals surface area contributed by atoms with E-state index in [0.29, 0.717) is 19.3 Å². The summed E-state index contributed by atoms with van der Waals surface area (Å²) in [6.07, 6.45) is 81.6. The van der Waals surface area contributed by atoms with Crippen LogP contribution >= 0.6 is 0 Å². The number of carbonyl (C=O) groups is 3. The van der Waals surface area contributed by atoms with Crippen LogP contribution in [0.2, 0.25) is 0 Å². The summed E-state index contributed by atoms with van der Waals surface area (Å²) in [6, 6.07) is 0. The van der Waals surface area contributed by atoms with Gasteiger partial charge in [-0.15, -0.1) is 0 Å². The topological polar surface area (TPSA) is 78.9 Å². The zero-order valence-electron chi connectivity index (χ0n) is 52.0. The van der Waals surface area contributed by atoms with Gasteiger partial charge in [-0.3, -0.25) is 14.4 Å². The summed E-state index contributed by atoms with van der Waals surface area (Å²) >= 11 is 0. The number of hydrogen-bond donors (Lipinski definition) is 0. The second kappa shape index (κ2) is 66.1. The van der Waals surface area contributed by atoms with Crippen molar-refractivity contribution in [3.63, 3.8) is 0 Å². The van der Waals surface area contributed by atoms with Crippen LogP contribution in [0.3, 0.4) is 0 Å². The van der Waals surface area contributed by atoms with Crippen molar-refractivity contribution in [1.29, 1.82) is 0 Å². The van der Waals surface area contributed by atoms with E-state index >= 15 is 0 Å². The van der Waals surface area contributed by atoms with Crippen LogP contribution in [0.4, 0.5) is 0 Å². The average Bonchev–Trinajstić information content (AvgIpc) is 3.43. The summed E-state index contributed by atoms with van der Waals surface area (Å²) in [6.45, 7) is 6.69. The first-order valence-corrected chi connectivity index (χ1v) is 34.5. The van der Waals surface area contributed by atoms with E-state index in [0.717, 1.165) is 70.6 Å². The van der Waals surface area contributed by atoms with E-state index in [1.54, 1.807) is 0 Å². The summed E-state index contributed by atoms with van der Waals surface area (Å²) in [7, 11) is 0. The molecule has 0 aromatic rings. The molecule has 0 aliphatic heterocycles. The Morgan fingerprint density at radius 2 is 0.468 bits per heavy atom. The Morgan fingerprint density at radius 1 is 0.260 bits per heavy atom. The number of allylic oxidation sites excluding steroid dienone is 6. The van der Waals surface area contributed by atoms with Crippen molar-refractivity contribution < 1.29 is 28.6 Å². The van der Waals surface area contributed by atoms with E-state index in [-0.39, 0.29) is 31.1 Å². The molecule has 0 aliphatic carbocycles. The number of unbranched alkanes of at least 4 members (excludes halogenated alkanes) is 47. The Morgan fingerprint density at radius 3 is 0.727 bits per heavy atom. The Hall–Kier alpha value is -2.37. The van der Waals surface area contributed by atoms with Crippen LogP contribution in [0.1, 0.15) is 380 Å². The first-order valence-electron chi connectivity index (χ1n) is 34.5. The second-order valence-corrected chi connectivity index (χ2v) is 23.4. The van der Waals surface area contributed by atoms with Crippen LogP contribution in [-0.4, -0.2) is 37.2 Å². The lowest BCUT2D eigenvalue weighted by molar-refractivity contribution is -0.167. The smallest absolute Gasteiger partial charge is 0.306 e. The number of rotatable bonds is 64. The Kier molecular flexibility index (Phi) is 64.1. The van der Waals surface area contributed by atoms with Crippen molar-refractivity contribution in [3.8, 4) is 0 Å². The number of hydrogen-bond acceptors (Lipinski definition) is 6. The van der Waals surface area contributed by atoms with Gasteiger partial charge in [-0.1, -0.05) is 320 Å². The monoisotopic (exact) mass is 1080 g/mol. The summed E-state index contributed by atoms with van der Waals surface area (Å²) in [5.41, 5.74) is 0. The van der Waals surface area contributed by atoms with E-state index in [2.05, 4.69) is 57.2 Å². The predicted molar refractivity (Wildman–Crippen MR) is 335 cm³/mol. The van der Waals surface area contributed by atoms with Gasteiger partial charge in [-0.2, -0.15) is 0 Å². The molecule has 1 unspecified atom stereocenters. The fourth-order valence-corrected chi connectivity index (χ4v) is 10.4. The highest BCUT2D eigenvalue weighted by molar-refractivity contribution is 5.71. The Bertz CT molecular complexity index is 1290. The molecule has 0 bridgehead atoms.